The number of hydrogen-bond donors (Lipinski definition) is 0. The lowest BCUT2D eigenvalue weighted by Crippen LogP contribution is -2.55. The molecule has 0 aliphatic carbocycles. The number of allylic oxidation sites excluding steroid dienone is 6. The van der Waals surface area contributed by atoms with Gasteiger partial charge in [0, 0.05) is 19.3 Å². The number of quaternary nitrogens is 1. The SMILES string of the molecule is CC/C=C/C/C=C/CCCCCCCC(=O)OC(COCCC(C(=O)[O-])[N+](C)(C)C)COC(=O)CCCCCCCCC/C=C/CCCCCCCCCC. The van der Waals surface area contributed by atoms with Crippen LogP contribution in [0.3, 0.4) is 0 Å². The third-order valence-electron chi connectivity index (χ3n) is 10.0. The summed E-state index contributed by atoms with van der Waals surface area (Å²) in [4.78, 5) is 36.8. The molecule has 0 amide bonds. The second-order valence-corrected chi connectivity index (χ2v) is 16.3. The Balaban J connectivity index is 4.29. The quantitative estimate of drug-likeness (QED) is 0.0264. The second kappa shape index (κ2) is 38.4. The van der Waals surface area contributed by atoms with Gasteiger partial charge in [-0.1, -0.05) is 147 Å². The molecule has 0 radical (unpaired) electrons. The van der Waals surface area contributed by atoms with Gasteiger partial charge in [-0.15, -0.1) is 0 Å². The Labute approximate surface area is 338 Å². The number of likely N-dealkylation sites (N-methyl/N-ethyl adjacent to an activating group) is 1. The van der Waals surface area contributed by atoms with E-state index < -0.39 is 18.1 Å². The predicted molar refractivity (Wildman–Crippen MR) is 227 cm³/mol. The van der Waals surface area contributed by atoms with Gasteiger partial charge in [0.25, 0.3) is 0 Å². The number of rotatable bonds is 40. The molecule has 55 heavy (non-hydrogen) atoms. The topological polar surface area (TPSA) is 102 Å². The van der Waals surface area contributed by atoms with Gasteiger partial charge in [-0.3, -0.25) is 9.59 Å². The number of carboxylic acids is 1. The fourth-order valence-corrected chi connectivity index (χ4v) is 6.51. The number of esters is 2. The van der Waals surface area contributed by atoms with Crippen LogP contribution in [0, 0.1) is 0 Å². The number of hydrogen-bond acceptors (Lipinski definition) is 7. The number of nitrogens with zero attached hydrogens (tertiary/aromatic N) is 1. The zero-order chi connectivity index (χ0) is 40.7. The van der Waals surface area contributed by atoms with E-state index in [0.717, 1.165) is 70.6 Å². The summed E-state index contributed by atoms with van der Waals surface area (Å²) < 4.78 is 17.1. The minimum Gasteiger partial charge on any atom is -0.544 e. The van der Waals surface area contributed by atoms with Gasteiger partial charge >= 0.3 is 11.9 Å². The predicted octanol–water partition coefficient (Wildman–Crippen LogP) is 10.9. The smallest absolute Gasteiger partial charge is 0.306 e. The van der Waals surface area contributed by atoms with Crippen molar-refractivity contribution in [2.24, 2.45) is 0 Å². The third-order valence-corrected chi connectivity index (χ3v) is 10.0. The van der Waals surface area contributed by atoms with Gasteiger partial charge in [0.15, 0.2) is 6.10 Å². The lowest BCUT2D eigenvalue weighted by molar-refractivity contribution is -0.889. The molecular formula is C47H85NO7. The van der Waals surface area contributed by atoms with Crippen molar-refractivity contribution in [2.45, 2.75) is 206 Å². The average molecular weight is 776 g/mol. The molecular weight excluding hydrogens is 691 g/mol. The Morgan fingerprint density at radius 1 is 0.564 bits per heavy atom. The van der Waals surface area contributed by atoms with Crippen LogP contribution in [0.2, 0.25) is 0 Å². The standard InChI is InChI=1S/C47H85NO7/c1-6-8-10-12-14-16-18-20-21-22-23-24-25-26-28-29-31-33-35-37-45(49)54-42-43(41-53-40-39-44(47(51)52)48(3,4)5)55-46(50)38-36-34-32-30-27-19-17-15-13-11-9-7-2/h9,11,15,17,22-23,43-44H,6-8,10,12-14,16,18-21,24-42H2,1-5H3/b11-9+,17-15+,23-22+. The summed E-state index contributed by atoms with van der Waals surface area (Å²) >= 11 is 0. The Hall–Kier alpha value is -2.45. The van der Waals surface area contributed by atoms with Crippen LogP contribution in [0.4, 0.5) is 0 Å². The largest absolute Gasteiger partial charge is 0.544 e. The fourth-order valence-electron chi connectivity index (χ4n) is 6.51. The van der Waals surface area contributed by atoms with Crippen molar-refractivity contribution in [3.63, 3.8) is 0 Å². The molecule has 0 aromatic heterocycles. The van der Waals surface area contributed by atoms with Crippen LogP contribution in [0.25, 0.3) is 0 Å². The van der Waals surface area contributed by atoms with E-state index in [1.54, 1.807) is 21.1 Å². The van der Waals surface area contributed by atoms with Crippen LogP contribution in [-0.2, 0) is 28.6 Å². The first-order valence-electron chi connectivity index (χ1n) is 22.5. The van der Waals surface area contributed by atoms with Crippen molar-refractivity contribution in [3.05, 3.63) is 36.5 Å². The molecule has 0 heterocycles. The minimum absolute atomic E-state index is 0.0345. The molecule has 8 nitrogen and oxygen atoms in total. The van der Waals surface area contributed by atoms with Crippen molar-refractivity contribution in [1.82, 2.24) is 0 Å². The molecule has 0 spiro atoms. The van der Waals surface area contributed by atoms with Gasteiger partial charge in [0.2, 0.25) is 0 Å². The maximum atomic E-state index is 12.7. The summed E-state index contributed by atoms with van der Waals surface area (Å²) in [7, 11) is 5.40. The highest BCUT2D eigenvalue weighted by Crippen LogP contribution is 2.14. The van der Waals surface area contributed by atoms with Gasteiger partial charge < -0.3 is 28.6 Å². The molecule has 0 N–H and O–H groups in total. The first-order valence-corrected chi connectivity index (χ1v) is 22.5. The van der Waals surface area contributed by atoms with Crippen LogP contribution in [-0.4, -0.2) is 75.5 Å². The van der Waals surface area contributed by atoms with Gasteiger partial charge in [-0.25, -0.2) is 0 Å². The Kier molecular flexibility index (Phi) is 36.7. The Morgan fingerprint density at radius 2 is 1.02 bits per heavy atom. The van der Waals surface area contributed by atoms with Crippen LogP contribution < -0.4 is 5.11 Å². The monoisotopic (exact) mass is 776 g/mol. The fraction of sp³-hybridized carbons (Fsp3) is 0.809. The molecule has 2 unspecified atom stereocenters. The molecule has 0 aromatic carbocycles. The number of unbranched alkanes of at least 4 members (excludes halogenated alkanes) is 20. The van der Waals surface area contributed by atoms with E-state index in [1.165, 1.54) is 89.9 Å². The summed E-state index contributed by atoms with van der Waals surface area (Å²) in [6.45, 7) is 4.54. The molecule has 2 atom stereocenters. The minimum atomic E-state index is -1.13. The van der Waals surface area contributed by atoms with Crippen LogP contribution in [0.15, 0.2) is 36.5 Å². The molecule has 320 valence electrons. The highest BCUT2D eigenvalue weighted by molar-refractivity contribution is 5.70. The molecule has 0 saturated heterocycles. The average Bonchev–Trinajstić information content (AvgIpc) is 3.14. The summed E-state index contributed by atoms with van der Waals surface area (Å²) in [5, 5.41) is 11.6. The summed E-state index contributed by atoms with van der Waals surface area (Å²) in [6.07, 6.45) is 43.1. The van der Waals surface area contributed by atoms with Crippen molar-refractivity contribution < 1.29 is 38.2 Å². The highest BCUT2D eigenvalue weighted by atomic mass is 16.6. The van der Waals surface area contributed by atoms with E-state index in [9.17, 15) is 19.5 Å². The van der Waals surface area contributed by atoms with Crippen molar-refractivity contribution in [1.29, 1.82) is 0 Å². The lowest BCUT2D eigenvalue weighted by Gasteiger charge is -2.34. The maximum absolute atomic E-state index is 12.7. The summed E-state index contributed by atoms with van der Waals surface area (Å²) in [5.74, 6) is -1.76. The number of ether oxygens (including phenoxy) is 3. The van der Waals surface area contributed by atoms with Crippen molar-refractivity contribution in [3.8, 4) is 0 Å². The first kappa shape index (κ1) is 52.6. The molecule has 0 saturated carbocycles. The van der Waals surface area contributed by atoms with E-state index in [2.05, 4.69) is 50.3 Å². The third kappa shape index (κ3) is 36.9. The number of carbonyl (C=O) groups excluding carboxylic acids is 3. The van der Waals surface area contributed by atoms with Crippen molar-refractivity contribution >= 4 is 17.9 Å². The number of carbonyl (C=O) groups is 3. The molecule has 8 heteroatoms. The zero-order valence-corrected chi connectivity index (χ0v) is 36.3. The van der Waals surface area contributed by atoms with Gasteiger partial charge in [0.05, 0.1) is 40.3 Å². The molecule has 0 fully saturated rings. The highest BCUT2D eigenvalue weighted by Gasteiger charge is 2.25. The van der Waals surface area contributed by atoms with Crippen LogP contribution in [0.5, 0.6) is 0 Å². The normalized spacial score (nSPS) is 13.3. The number of carboxylic acid groups (broad SMARTS) is 1. The van der Waals surface area contributed by atoms with E-state index in [-0.39, 0.29) is 42.7 Å². The van der Waals surface area contributed by atoms with E-state index in [1.807, 2.05) is 0 Å². The van der Waals surface area contributed by atoms with E-state index in [0.29, 0.717) is 12.8 Å². The molecule has 0 aliphatic heterocycles. The van der Waals surface area contributed by atoms with E-state index in [4.69, 9.17) is 14.2 Å². The van der Waals surface area contributed by atoms with Gasteiger partial charge in [0.1, 0.15) is 12.6 Å². The van der Waals surface area contributed by atoms with Crippen LogP contribution in [0.1, 0.15) is 194 Å². The Bertz CT molecular complexity index is 1000. The summed E-state index contributed by atoms with van der Waals surface area (Å²) in [5.41, 5.74) is 0. The molecule has 0 rings (SSSR count). The second-order valence-electron chi connectivity index (χ2n) is 16.3. The van der Waals surface area contributed by atoms with E-state index >= 15 is 0 Å². The van der Waals surface area contributed by atoms with Crippen molar-refractivity contribution in [2.75, 3.05) is 41.0 Å². The summed E-state index contributed by atoms with van der Waals surface area (Å²) in [6, 6.07) is -0.728. The Morgan fingerprint density at radius 3 is 1.51 bits per heavy atom. The molecule has 0 aromatic rings. The zero-order valence-electron chi connectivity index (χ0n) is 36.3. The lowest BCUT2D eigenvalue weighted by atomic mass is 10.1. The van der Waals surface area contributed by atoms with Gasteiger partial charge in [-0.05, 0) is 64.2 Å². The first-order chi connectivity index (χ1) is 26.6. The molecule has 0 aliphatic rings. The van der Waals surface area contributed by atoms with Crippen LogP contribution >= 0.6 is 0 Å². The molecule has 0 bridgehead atoms. The maximum Gasteiger partial charge on any atom is 0.306 e. The number of aliphatic carboxylic acids is 1. The van der Waals surface area contributed by atoms with Gasteiger partial charge in [-0.2, -0.15) is 0 Å².